The summed E-state index contributed by atoms with van der Waals surface area (Å²) in [6, 6.07) is 14.3. The summed E-state index contributed by atoms with van der Waals surface area (Å²) in [4.78, 5) is 66.3. The number of ether oxygens (including phenoxy) is 2. The third kappa shape index (κ3) is 8.90. The van der Waals surface area contributed by atoms with Crippen LogP contribution in [0, 0.1) is 11.8 Å². The van der Waals surface area contributed by atoms with Crippen molar-refractivity contribution in [2.75, 3.05) is 44.9 Å². The van der Waals surface area contributed by atoms with Crippen LogP contribution in [-0.2, 0) is 28.4 Å². The van der Waals surface area contributed by atoms with Crippen molar-refractivity contribution >= 4 is 58.3 Å². The highest BCUT2D eigenvalue weighted by molar-refractivity contribution is 7.57. The van der Waals surface area contributed by atoms with Crippen LogP contribution in [-0.4, -0.2) is 109 Å². The van der Waals surface area contributed by atoms with E-state index in [9.17, 15) is 23.7 Å². The zero-order chi connectivity index (χ0) is 44.7. The fourth-order valence-electron chi connectivity index (χ4n) is 9.97. The Labute approximate surface area is 376 Å². The summed E-state index contributed by atoms with van der Waals surface area (Å²) in [7, 11) is -2.73. The number of carbonyl (C=O) groups excluding carboxylic acids is 4. The molecule has 0 spiro atoms. The molecule has 6 heterocycles. The Morgan fingerprint density at radius 1 is 1.02 bits per heavy atom. The van der Waals surface area contributed by atoms with Gasteiger partial charge in [0.15, 0.2) is 0 Å². The van der Waals surface area contributed by atoms with E-state index in [1.165, 1.54) is 30.4 Å². The number of fused-ring (bicyclic) bond motifs is 3. The number of para-hydroxylation sites is 1. The van der Waals surface area contributed by atoms with E-state index in [4.69, 9.17) is 14.0 Å². The van der Waals surface area contributed by atoms with E-state index in [2.05, 4.69) is 26.4 Å². The van der Waals surface area contributed by atoms with Crippen molar-refractivity contribution in [2.45, 2.75) is 101 Å². The third-order valence-electron chi connectivity index (χ3n) is 13.6. The standard InChI is InChI=1S/C47H56FN6O8PS/c1-4-18-61-47(58)28(2)51-63(59,62-36-8-6-5-7-9-36)43(48)29-10-13-41-32(19-29)23-42(64-41)44(55)50-38-22-31-20-30(31)21-34-11-12-40(54(34)45(38)56)46(57)52-25-33(26-52)37-24-49-16-14-39(37)53-17-15-35(53)27-60-3/h5-10,13-14,16,19,23-24,28,30-31,33-35,38,40,43H,4,11-12,15,17-18,20-22,25-27H2,1-3H3,(H,50,55)(H,51,59)/t28-,30-,31+,34+,35-,38-,40-,43+,63?/m0/s1. The molecule has 1 saturated carbocycles. The van der Waals surface area contributed by atoms with Gasteiger partial charge >= 0.3 is 13.5 Å². The number of pyridine rings is 1. The summed E-state index contributed by atoms with van der Waals surface area (Å²) in [5.41, 5.74) is 2.31. The minimum Gasteiger partial charge on any atom is -0.465 e. The van der Waals surface area contributed by atoms with Crippen LogP contribution < -0.4 is 19.8 Å². The second-order valence-electron chi connectivity index (χ2n) is 18.0. The van der Waals surface area contributed by atoms with E-state index in [0.717, 1.165) is 43.5 Å². The molecule has 4 aliphatic heterocycles. The maximum atomic E-state index is 16.6. The first kappa shape index (κ1) is 44.3. The molecule has 2 aromatic carbocycles. The first-order chi connectivity index (χ1) is 30.9. The van der Waals surface area contributed by atoms with Crippen molar-refractivity contribution in [3.63, 3.8) is 0 Å². The van der Waals surface area contributed by atoms with Crippen molar-refractivity contribution in [3.05, 3.63) is 89.1 Å². The quantitative estimate of drug-likeness (QED) is 0.0865. The van der Waals surface area contributed by atoms with Gasteiger partial charge in [-0.2, -0.15) is 0 Å². The molecule has 1 aliphatic carbocycles. The number of anilines is 1. The van der Waals surface area contributed by atoms with Crippen LogP contribution in [0.1, 0.15) is 91.4 Å². The van der Waals surface area contributed by atoms with Crippen LogP contribution in [0.2, 0.25) is 0 Å². The number of thiophene rings is 1. The largest absolute Gasteiger partial charge is 0.465 e. The number of carbonyl (C=O) groups is 4. The van der Waals surface area contributed by atoms with Crippen LogP contribution in [0.15, 0.2) is 73.1 Å². The average molecular weight is 915 g/mol. The van der Waals surface area contributed by atoms with Gasteiger partial charge < -0.3 is 34.0 Å². The number of benzene rings is 2. The van der Waals surface area contributed by atoms with Crippen molar-refractivity contribution in [1.82, 2.24) is 25.2 Å². The molecule has 2 aromatic heterocycles. The Morgan fingerprint density at radius 2 is 1.81 bits per heavy atom. The van der Waals surface area contributed by atoms with Gasteiger partial charge in [0.2, 0.25) is 17.7 Å². The van der Waals surface area contributed by atoms with Crippen LogP contribution >= 0.6 is 18.9 Å². The van der Waals surface area contributed by atoms with Crippen LogP contribution in [0.4, 0.5) is 10.1 Å². The third-order valence-corrected chi connectivity index (χ3v) is 16.8. The molecule has 2 N–H and O–H groups in total. The number of hydrogen-bond donors (Lipinski definition) is 2. The van der Waals surface area contributed by atoms with Gasteiger partial charge in [0.1, 0.15) is 23.9 Å². The SMILES string of the molecule is CCCOC(=O)[C@H](C)NP(=O)(Oc1ccccc1)[C@@H](F)c1ccc2sc(C(=O)N[C@H]3C[C@H]4C[C@H]4C[C@H]4CC[C@@H](C(=O)N5CC(c6cnccc6N6CC[C@H]6COC)C5)N4C3=O)cc2c1. The molecule has 1 unspecified atom stereocenters. The number of rotatable bonds is 16. The smallest absolute Gasteiger partial charge is 0.355 e. The van der Waals surface area contributed by atoms with Gasteiger partial charge in [0, 0.05) is 67.0 Å². The lowest BCUT2D eigenvalue weighted by atomic mass is 9.88. The van der Waals surface area contributed by atoms with Crippen molar-refractivity contribution in [2.24, 2.45) is 11.8 Å². The Kier molecular flexibility index (Phi) is 12.8. The van der Waals surface area contributed by atoms with Crippen molar-refractivity contribution in [3.8, 4) is 5.75 Å². The molecular weight excluding hydrogens is 859 g/mol. The minimum absolute atomic E-state index is 0.0326. The monoisotopic (exact) mass is 914 g/mol. The summed E-state index contributed by atoms with van der Waals surface area (Å²) < 4.78 is 48.1. The van der Waals surface area contributed by atoms with E-state index >= 15 is 4.39 Å². The highest BCUT2D eigenvalue weighted by Crippen LogP contribution is 2.58. The molecule has 3 amide bonds. The number of methoxy groups -OCH3 is 1. The number of alkyl halides is 1. The highest BCUT2D eigenvalue weighted by atomic mass is 32.1. The number of hydrogen-bond acceptors (Lipinski definition) is 11. The zero-order valence-corrected chi connectivity index (χ0v) is 38.1. The highest BCUT2D eigenvalue weighted by Gasteiger charge is 2.53. The number of nitrogens with zero attached hydrogens (tertiary/aromatic N) is 4. The van der Waals surface area contributed by atoms with Crippen molar-refractivity contribution < 1.29 is 42.1 Å². The van der Waals surface area contributed by atoms with Crippen LogP contribution in [0.3, 0.4) is 0 Å². The lowest BCUT2D eigenvalue weighted by molar-refractivity contribution is -0.149. The first-order valence-corrected chi connectivity index (χ1v) is 25.0. The molecule has 64 heavy (non-hydrogen) atoms. The lowest BCUT2D eigenvalue weighted by Gasteiger charge is -2.47. The number of esters is 1. The molecule has 5 aliphatic rings. The molecule has 9 atom stereocenters. The Hall–Kier alpha value is -4.89. The van der Waals surface area contributed by atoms with Gasteiger partial charge in [0.05, 0.1) is 24.1 Å². The van der Waals surface area contributed by atoms with Crippen LogP contribution in [0.25, 0.3) is 10.1 Å². The first-order valence-electron chi connectivity index (χ1n) is 22.5. The molecule has 0 radical (unpaired) electrons. The number of aromatic nitrogens is 1. The maximum Gasteiger partial charge on any atom is 0.355 e. The van der Waals surface area contributed by atoms with Gasteiger partial charge in [-0.05, 0) is 111 Å². The molecule has 4 aromatic rings. The molecule has 9 rings (SSSR count). The Morgan fingerprint density at radius 3 is 2.56 bits per heavy atom. The fourth-order valence-corrected chi connectivity index (χ4v) is 12.8. The molecule has 4 saturated heterocycles. The number of halogens is 1. The summed E-state index contributed by atoms with van der Waals surface area (Å²) >= 11 is 1.21. The fraction of sp³-hybridized carbons (Fsp3) is 0.511. The number of nitrogens with one attached hydrogen (secondary N) is 2. The van der Waals surface area contributed by atoms with E-state index in [0.29, 0.717) is 71.8 Å². The van der Waals surface area contributed by atoms with Crippen LogP contribution in [0.5, 0.6) is 5.75 Å². The summed E-state index contributed by atoms with van der Waals surface area (Å²) in [5.74, 6) is -2.47. The maximum absolute atomic E-state index is 16.6. The zero-order valence-electron chi connectivity index (χ0n) is 36.4. The van der Waals surface area contributed by atoms with E-state index in [-0.39, 0.29) is 41.7 Å². The summed E-state index contributed by atoms with van der Waals surface area (Å²) in [6.45, 7) is 6.19. The van der Waals surface area contributed by atoms with Gasteiger partial charge in [-0.25, -0.2) is 9.48 Å². The van der Waals surface area contributed by atoms with Gasteiger partial charge in [-0.1, -0.05) is 31.2 Å². The van der Waals surface area contributed by atoms with Gasteiger partial charge in [-0.3, -0.25) is 28.7 Å². The van der Waals surface area contributed by atoms with E-state index < -0.39 is 43.4 Å². The molecular formula is C47H56FN6O8PS. The second-order valence-corrected chi connectivity index (χ2v) is 21.1. The van der Waals surface area contributed by atoms with Gasteiger partial charge in [0.25, 0.3) is 5.91 Å². The van der Waals surface area contributed by atoms with E-state index in [1.54, 1.807) is 54.5 Å². The second kappa shape index (κ2) is 18.5. The Bertz CT molecular complexity index is 2440. The molecule has 14 nitrogen and oxygen atoms in total. The van der Waals surface area contributed by atoms with Crippen molar-refractivity contribution in [1.29, 1.82) is 0 Å². The Balaban J connectivity index is 0.884. The topological polar surface area (TPSA) is 160 Å². The average Bonchev–Trinajstić information content (AvgIpc) is 3.61. The lowest BCUT2D eigenvalue weighted by Crippen LogP contribution is -2.60. The molecule has 17 heteroatoms. The molecule has 0 bridgehead atoms. The van der Waals surface area contributed by atoms with Gasteiger partial charge in [-0.15, -0.1) is 11.3 Å². The summed E-state index contributed by atoms with van der Waals surface area (Å²) in [5, 5.41) is 6.19. The summed E-state index contributed by atoms with van der Waals surface area (Å²) in [6.07, 6.45) is 9.10. The predicted octanol–water partition coefficient (Wildman–Crippen LogP) is 7.21. The minimum atomic E-state index is -4.45. The normalized spacial score (nSPS) is 26.0. The molecule has 340 valence electrons. The van der Waals surface area contributed by atoms with E-state index in [1.807, 2.05) is 24.2 Å². The predicted molar refractivity (Wildman–Crippen MR) is 241 cm³/mol. The number of amides is 3. The molecule has 5 fully saturated rings. The number of likely N-dealkylation sites (tertiary alicyclic amines) is 1.